The van der Waals surface area contributed by atoms with Crippen molar-refractivity contribution < 1.29 is 9.47 Å². The van der Waals surface area contributed by atoms with Gasteiger partial charge < -0.3 is 19.7 Å². The number of hydrogen-bond donors (Lipinski definition) is 1. The van der Waals surface area contributed by atoms with E-state index in [9.17, 15) is 0 Å². The normalized spacial score (nSPS) is 18.0. The van der Waals surface area contributed by atoms with E-state index in [1.54, 1.807) is 0 Å². The second-order valence-electron chi connectivity index (χ2n) is 6.08. The molecule has 1 aromatic rings. The number of nitrogens with one attached hydrogen (secondary N) is 1. The van der Waals surface area contributed by atoms with Crippen LogP contribution in [0.4, 0.5) is 0 Å². The van der Waals surface area contributed by atoms with Gasteiger partial charge in [0.15, 0.2) is 5.96 Å². The van der Waals surface area contributed by atoms with Crippen molar-refractivity contribution in [2.45, 2.75) is 19.4 Å². The summed E-state index contributed by atoms with van der Waals surface area (Å²) >= 11 is 3.59. The summed E-state index contributed by atoms with van der Waals surface area (Å²) in [5, 5.41) is 3.39. The van der Waals surface area contributed by atoms with Crippen LogP contribution in [0.25, 0.3) is 0 Å². The van der Waals surface area contributed by atoms with Crippen LogP contribution in [0.5, 0.6) is 0 Å². The van der Waals surface area contributed by atoms with E-state index in [0.29, 0.717) is 5.92 Å². The SMILES string of the molecule is CN=C(NCCCOCC1CCOC1)N(C)Cc1ccccc1Br. The van der Waals surface area contributed by atoms with Crippen molar-refractivity contribution in [1.82, 2.24) is 10.2 Å². The van der Waals surface area contributed by atoms with Gasteiger partial charge in [0, 0.05) is 50.8 Å². The Labute approximate surface area is 153 Å². The van der Waals surface area contributed by atoms with Crippen LogP contribution in [-0.2, 0) is 16.0 Å². The minimum atomic E-state index is 0.584. The molecular formula is C18H28BrN3O2. The topological polar surface area (TPSA) is 46.1 Å². The third kappa shape index (κ3) is 6.42. The summed E-state index contributed by atoms with van der Waals surface area (Å²) < 4.78 is 12.2. The molecule has 1 N–H and O–H groups in total. The van der Waals surface area contributed by atoms with Gasteiger partial charge in [-0.05, 0) is 24.5 Å². The molecule has 0 spiro atoms. The molecule has 134 valence electrons. The lowest BCUT2D eigenvalue weighted by Crippen LogP contribution is -2.39. The first kappa shape index (κ1) is 19.2. The van der Waals surface area contributed by atoms with Crippen molar-refractivity contribution in [2.75, 3.05) is 47.1 Å². The van der Waals surface area contributed by atoms with Gasteiger partial charge in [-0.25, -0.2) is 0 Å². The number of benzene rings is 1. The molecular weight excluding hydrogens is 370 g/mol. The molecule has 0 saturated carbocycles. The lowest BCUT2D eigenvalue weighted by Gasteiger charge is -2.22. The third-order valence-corrected chi connectivity index (χ3v) is 4.84. The highest BCUT2D eigenvalue weighted by Crippen LogP contribution is 2.17. The Bertz CT molecular complexity index is 519. The van der Waals surface area contributed by atoms with Crippen LogP contribution in [0.2, 0.25) is 0 Å². The van der Waals surface area contributed by atoms with Gasteiger partial charge in [-0.15, -0.1) is 0 Å². The molecule has 1 aliphatic heterocycles. The average Bonchev–Trinajstić information content (AvgIpc) is 3.09. The Kier molecular flexibility index (Phi) is 8.56. The van der Waals surface area contributed by atoms with Crippen molar-refractivity contribution in [3.63, 3.8) is 0 Å². The zero-order valence-corrected chi connectivity index (χ0v) is 16.2. The molecule has 24 heavy (non-hydrogen) atoms. The Morgan fingerprint density at radius 3 is 3.00 bits per heavy atom. The summed E-state index contributed by atoms with van der Waals surface area (Å²) in [5.41, 5.74) is 1.24. The summed E-state index contributed by atoms with van der Waals surface area (Å²) in [7, 11) is 3.86. The molecule has 1 fully saturated rings. The van der Waals surface area contributed by atoms with Crippen molar-refractivity contribution in [3.05, 3.63) is 34.3 Å². The predicted octanol–water partition coefficient (Wildman–Crippen LogP) is 2.90. The standard InChI is InChI=1S/C18H28BrN3O2/c1-20-18(22(2)12-16-6-3-4-7-17(16)19)21-9-5-10-23-13-15-8-11-24-14-15/h3-4,6-7,15H,5,8-14H2,1-2H3,(H,20,21). The highest BCUT2D eigenvalue weighted by Gasteiger charge is 2.15. The molecule has 0 amide bonds. The second kappa shape index (κ2) is 10.7. The van der Waals surface area contributed by atoms with E-state index >= 15 is 0 Å². The Morgan fingerprint density at radius 2 is 2.29 bits per heavy atom. The zero-order valence-electron chi connectivity index (χ0n) is 14.6. The number of nitrogens with zero attached hydrogens (tertiary/aromatic N) is 2. The second-order valence-corrected chi connectivity index (χ2v) is 6.93. The summed E-state index contributed by atoms with van der Waals surface area (Å²) in [5.74, 6) is 1.48. The lowest BCUT2D eigenvalue weighted by molar-refractivity contribution is 0.0887. The van der Waals surface area contributed by atoms with E-state index in [0.717, 1.165) is 62.8 Å². The van der Waals surface area contributed by atoms with Gasteiger partial charge >= 0.3 is 0 Å². The van der Waals surface area contributed by atoms with Crippen molar-refractivity contribution >= 4 is 21.9 Å². The van der Waals surface area contributed by atoms with E-state index < -0.39 is 0 Å². The maximum absolute atomic E-state index is 5.73. The number of rotatable bonds is 8. The lowest BCUT2D eigenvalue weighted by atomic mass is 10.1. The molecule has 0 aromatic heterocycles. The highest BCUT2D eigenvalue weighted by atomic mass is 79.9. The van der Waals surface area contributed by atoms with Crippen LogP contribution in [0.15, 0.2) is 33.7 Å². The van der Waals surface area contributed by atoms with E-state index in [2.05, 4.69) is 49.3 Å². The quantitative estimate of drug-likeness (QED) is 0.416. The molecule has 1 heterocycles. The fourth-order valence-electron chi connectivity index (χ4n) is 2.68. The predicted molar refractivity (Wildman–Crippen MR) is 101 cm³/mol. The summed E-state index contributed by atoms with van der Waals surface area (Å²) in [4.78, 5) is 6.48. The Hall–Kier alpha value is -1.11. The smallest absolute Gasteiger partial charge is 0.193 e. The maximum Gasteiger partial charge on any atom is 0.193 e. The van der Waals surface area contributed by atoms with Crippen molar-refractivity contribution in [1.29, 1.82) is 0 Å². The minimum absolute atomic E-state index is 0.584. The van der Waals surface area contributed by atoms with Gasteiger partial charge in [-0.1, -0.05) is 34.1 Å². The van der Waals surface area contributed by atoms with Gasteiger partial charge in [0.25, 0.3) is 0 Å². The van der Waals surface area contributed by atoms with Crippen LogP contribution >= 0.6 is 15.9 Å². The van der Waals surface area contributed by atoms with Gasteiger partial charge in [0.2, 0.25) is 0 Å². The highest BCUT2D eigenvalue weighted by molar-refractivity contribution is 9.10. The van der Waals surface area contributed by atoms with E-state index in [1.807, 2.05) is 20.2 Å². The Balaban J connectivity index is 1.63. The zero-order chi connectivity index (χ0) is 17.2. The third-order valence-electron chi connectivity index (χ3n) is 4.06. The number of ether oxygens (including phenoxy) is 2. The average molecular weight is 398 g/mol. The molecule has 1 atom stereocenters. The molecule has 1 aromatic carbocycles. The first-order chi connectivity index (χ1) is 11.7. The first-order valence-corrected chi connectivity index (χ1v) is 9.30. The van der Waals surface area contributed by atoms with Crippen LogP contribution in [-0.4, -0.2) is 57.9 Å². The summed E-state index contributed by atoms with van der Waals surface area (Å²) in [6, 6.07) is 8.26. The fraction of sp³-hybridized carbons (Fsp3) is 0.611. The molecule has 0 aliphatic carbocycles. The van der Waals surface area contributed by atoms with Gasteiger partial charge in [-0.2, -0.15) is 0 Å². The number of aliphatic imine (C=N–C) groups is 1. The van der Waals surface area contributed by atoms with Crippen molar-refractivity contribution in [2.24, 2.45) is 10.9 Å². The summed E-state index contributed by atoms with van der Waals surface area (Å²) in [6.45, 7) is 4.99. The van der Waals surface area contributed by atoms with E-state index in [1.165, 1.54) is 5.56 Å². The molecule has 2 rings (SSSR count). The van der Waals surface area contributed by atoms with Gasteiger partial charge in [-0.3, -0.25) is 4.99 Å². The molecule has 0 radical (unpaired) electrons. The van der Waals surface area contributed by atoms with E-state index in [-0.39, 0.29) is 0 Å². The Morgan fingerprint density at radius 1 is 1.46 bits per heavy atom. The fourth-order valence-corrected chi connectivity index (χ4v) is 3.09. The van der Waals surface area contributed by atoms with Crippen LogP contribution < -0.4 is 5.32 Å². The molecule has 1 aliphatic rings. The monoisotopic (exact) mass is 397 g/mol. The summed E-state index contributed by atoms with van der Waals surface area (Å²) in [6.07, 6.45) is 2.10. The van der Waals surface area contributed by atoms with Gasteiger partial charge in [0.05, 0.1) is 13.2 Å². The molecule has 5 nitrogen and oxygen atoms in total. The van der Waals surface area contributed by atoms with Gasteiger partial charge in [0.1, 0.15) is 0 Å². The van der Waals surface area contributed by atoms with E-state index in [4.69, 9.17) is 9.47 Å². The number of halogens is 1. The number of guanidine groups is 1. The molecule has 0 bridgehead atoms. The molecule has 6 heteroatoms. The van der Waals surface area contributed by atoms with Crippen molar-refractivity contribution in [3.8, 4) is 0 Å². The first-order valence-electron chi connectivity index (χ1n) is 8.51. The largest absolute Gasteiger partial charge is 0.381 e. The number of hydrogen-bond acceptors (Lipinski definition) is 3. The maximum atomic E-state index is 5.73. The van der Waals surface area contributed by atoms with Crippen LogP contribution in [0.1, 0.15) is 18.4 Å². The molecule has 1 unspecified atom stereocenters. The minimum Gasteiger partial charge on any atom is -0.381 e. The van der Waals surface area contributed by atoms with Crippen LogP contribution in [0.3, 0.4) is 0 Å². The van der Waals surface area contributed by atoms with Crippen LogP contribution in [0, 0.1) is 5.92 Å². The molecule has 1 saturated heterocycles.